The van der Waals surface area contributed by atoms with Gasteiger partial charge in [0.25, 0.3) is 5.91 Å². The van der Waals surface area contributed by atoms with Gasteiger partial charge in [-0.3, -0.25) is 9.69 Å². The number of aliphatic imine (C=N–C) groups is 1. The first-order valence-corrected chi connectivity index (χ1v) is 10.9. The first-order valence-electron chi connectivity index (χ1n) is 9.34. The van der Waals surface area contributed by atoms with E-state index in [0.717, 1.165) is 27.3 Å². The van der Waals surface area contributed by atoms with Crippen molar-refractivity contribution in [1.82, 2.24) is 4.90 Å². The molecule has 1 saturated heterocycles. The van der Waals surface area contributed by atoms with Crippen LogP contribution in [0.25, 0.3) is 6.08 Å². The molecule has 1 aliphatic heterocycles. The lowest BCUT2D eigenvalue weighted by Gasteiger charge is -2.15. The van der Waals surface area contributed by atoms with Gasteiger partial charge in [0.05, 0.1) is 10.6 Å². The van der Waals surface area contributed by atoms with Crippen LogP contribution in [0.4, 0.5) is 5.69 Å². The summed E-state index contributed by atoms with van der Waals surface area (Å²) in [5.74, 6) is 0.000544. The van der Waals surface area contributed by atoms with Crippen LogP contribution in [0.3, 0.4) is 0 Å². The fourth-order valence-electron chi connectivity index (χ4n) is 3.03. The van der Waals surface area contributed by atoms with E-state index in [1.165, 1.54) is 17.3 Å². The maximum atomic E-state index is 13.2. The normalized spacial score (nSPS) is 16.7. The van der Waals surface area contributed by atoms with Crippen LogP contribution in [0.1, 0.15) is 11.1 Å². The molecule has 4 rings (SSSR count). The first kappa shape index (κ1) is 19.7. The number of para-hydroxylation sites is 1. The van der Waals surface area contributed by atoms with Crippen molar-refractivity contribution in [3.63, 3.8) is 0 Å². The number of nitrogens with zero attached hydrogens (tertiary/aromatic N) is 2. The molecule has 0 bridgehead atoms. The molecule has 0 radical (unpaired) electrons. The van der Waals surface area contributed by atoms with Crippen molar-refractivity contribution in [2.75, 3.05) is 6.54 Å². The Morgan fingerprint density at radius 2 is 1.66 bits per heavy atom. The SMILES string of the molecule is O=C1/C(=C\c2cccc(Br)c2)SC(=Nc2ccccc2)N1CCc1ccccc1. The number of benzene rings is 3. The van der Waals surface area contributed by atoms with Crippen LogP contribution >= 0.6 is 27.7 Å². The Labute approximate surface area is 183 Å². The third-order valence-electron chi connectivity index (χ3n) is 4.48. The molecule has 3 nitrogen and oxygen atoms in total. The summed E-state index contributed by atoms with van der Waals surface area (Å²) in [6, 6.07) is 27.9. The van der Waals surface area contributed by atoms with Gasteiger partial charge in [0.15, 0.2) is 5.17 Å². The van der Waals surface area contributed by atoms with Gasteiger partial charge < -0.3 is 0 Å². The van der Waals surface area contributed by atoms with Gasteiger partial charge in [-0.2, -0.15) is 0 Å². The Morgan fingerprint density at radius 1 is 0.931 bits per heavy atom. The lowest BCUT2D eigenvalue weighted by atomic mass is 10.1. The summed E-state index contributed by atoms with van der Waals surface area (Å²) in [5, 5.41) is 0.721. The molecule has 1 amide bonds. The van der Waals surface area contributed by atoms with Crippen molar-refractivity contribution in [2.24, 2.45) is 4.99 Å². The summed E-state index contributed by atoms with van der Waals surface area (Å²) in [4.78, 5) is 20.4. The van der Waals surface area contributed by atoms with Crippen LogP contribution in [0.2, 0.25) is 0 Å². The molecule has 144 valence electrons. The van der Waals surface area contributed by atoms with Crippen molar-refractivity contribution in [3.8, 4) is 0 Å². The fourth-order valence-corrected chi connectivity index (χ4v) is 4.48. The molecule has 3 aromatic rings. The average Bonchev–Trinajstić information content (AvgIpc) is 3.02. The number of carbonyl (C=O) groups excluding carboxylic acids is 1. The van der Waals surface area contributed by atoms with Crippen molar-refractivity contribution >= 4 is 50.5 Å². The maximum absolute atomic E-state index is 13.2. The van der Waals surface area contributed by atoms with E-state index in [4.69, 9.17) is 4.99 Å². The van der Waals surface area contributed by atoms with Gasteiger partial charge in [0.1, 0.15) is 0 Å². The zero-order valence-corrected chi connectivity index (χ0v) is 18.1. The maximum Gasteiger partial charge on any atom is 0.266 e. The Kier molecular flexibility index (Phi) is 6.27. The van der Waals surface area contributed by atoms with E-state index >= 15 is 0 Å². The second-order valence-electron chi connectivity index (χ2n) is 6.59. The number of hydrogen-bond donors (Lipinski definition) is 0. The lowest BCUT2D eigenvalue weighted by Crippen LogP contribution is -2.31. The molecule has 0 atom stereocenters. The van der Waals surface area contributed by atoms with Gasteiger partial charge in [-0.05, 0) is 59.7 Å². The molecule has 0 unspecified atom stereocenters. The summed E-state index contributed by atoms with van der Waals surface area (Å²) in [7, 11) is 0. The number of rotatable bonds is 5. The number of halogens is 1. The van der Waals surface area contributed by atoms with E-state index in [1.54, 1.807) is 4.90 Å². The smallest absolute Gasteiger partial charge is 0.266 e. The Morgan fingerprint density at radius 3 is 2.38 bits per heavy atom. The molecule has 5 heteroatoms. The zero-order valence-electron chi connectivity index (χ0n) is 15.7. The third-order valence-corrected chi connectivity index (χ3v) is 5.98. The van der Waals surface area contributed by atoms with E-state index < -0.39 is 0 Å². The Balaban J connectivity index is 1.63. The highest BCUT2D eigenvalue weighted by Gasteiger charge is 2.33. The summed E-state index contributed by atoms with van der Waals surface area (Å²) in [6.45, 7) is 0.595. The predicted molar refractivity (Wildman–Crippen MR) is 125 cm³/mol. The number of amidine groups is 1. The summed E-state index contributed by atoms with van der Waals surface area (Å²) >= 11 is 4.92. The summed E-state index contributed by atoms with van der Waals surface area (Å²) < 4.78 is 0.987. The van der Waals surface area contributed by atoms with Crippen molar-refractivity contribution in [1.29, 1.82) is 0 Å². The van der Waals surface area contributed by atoms with E-state index in [-0.39, 0.29) is 5.91 Å². The van der Waals surface area contributed by atoms with E-state index in [2.05, 4.69) is 28.1 Å². The molecule has 3 aromatic carbocycles. The van der Waals surface area contributed by atoms with E-state index in [0.29, 0.717) is 11.4 Å². The topological polar surface area (TPSA) is 32.7 Å². The fraction of sp³-hybridized carbons (Fsp3) is 0.0833. The van der Waals surface area contributed by atoms with Gasteiger partial charge in [-0.15, -0.1) is 0 Å². The summed E-state index contributed by atoms with van der Waals surface area (Å²) in [6.07, 6.45) is 2.71. The minimum absolute atomic E-state index is 0.000544. The van der Waals surface area contributed by atoms with Crippen LogP contribution in [0, 0.1) is 0 Å². The zero-order chi connectivity index (χ0) is 20.1. The summed E-state index contributed by atoms with van der Waals surface area (Å²) in [5.41, 5.74) is 3.03. The molecule has 0 N–H and O–H groups in total. The quantitative estimate of drug-likeness (QED) is 0.417. The van der Waals surface area contributed by atoms with Gasteiger partial charge >= 0.3 is 0 Å². The highest BCUT2D eigenvalue weighted by atomic mass is 79.9. The molecule has 0 aromatic heterocycles. The molecule has 0 spiro atoms. The molecule has 1 heterocycles. The minimum atomic E-state index is 0.000544. The molecular formula is C24H19BrN2OS. The molecule has 1 aliphatic rings. The third kappa shape index (κ3) is 5.05. The van der Waals surface area contributed by atoms with Gasteiger partial charge in [-0.1, -0.05) is 76.6 Å². The van der Waals surface area contributed by atoms with Crippen molar-refractivity contribution in [2.45, 2.75) is 6.42 Å². The molecule has 0 aliphatic carbocycles. The average molecular weight is 463 g/mol. The van der Waals surface area contributed by atoms with Gasteiger partial charge in [0.2, 0.25) is 0 Å². The van der Waals surface area contributed by atoms with Crippen LogP contribution < -0.4 is 0 Å². The number of amides is 1. The predicted octanol–water partition coefficient (Wildman–Crippen LogP) is 6.30. The second kappa shape index (κ2) is 9.25. The first-order chi connectivity index (χ1) is 14.2. The molecule has 1 fully saturated rings. The number of thioether (sulfide) groups is 1. The molecule has 0 saturated carbocycles. The Hall–Kier alpha value is -2.63. The highest BCUT2D eigenvalue weighted by Crippen LogP contribution is 2.34. The van der Waals surface area contributed by atoms with E-state index in [1.807, 2.05) is 78.9 Å². The van der Waals surface area contributed by atoms with Crippen LogP contribution in [-0.2, 0) is 11.2 Å². The Bertz CT molecular complexity index is 1060. The minimum Gasteiger partial charge on any atom is -0.286 e. The molecular weight excluding hydrogens is 444 g/mol. The second-order valence-corrected chi connectivity index (χ2v) is 8.51. The van der Waals surface area contributed by atoms with Gasteiger partial charge in [-0.25, -0.2) is 4.99 Å². The number of hydrogen-bond acceptors (Lipinski definition) is 3. The van der Waals surface area contributed by atoms with Crippen LogP contribution in [0.15, 0.2) is 99.3 Å². The number of carbonyl (C=O) groups is 1. The van der Waals surface area contributed by atoms with E-state index in [9.17, 15) is 4.79 Å². The molecule has 29 heavy (non-hydrogen) atoms. The lowest BCUT2D eigenvalue weighted by molar-refractivity contribution is -0.122. The van der Waals surface area contributed by atoms with Crippen LogP contribution in [-0.4, -0.2) is 22.5 Å². The monoisotopic (exact) mass is 462 g/mol. The largest absolute Gasteiger partial charge is 0.286 e. The van der Waals surface area contributed by atoms with Crippen molar-refractivity contribution < 1.29 is 4.79 Å². The highest BCUT2D eigenvalue weighted by molar-refractivity contribution is 9.10. The van der Waals surface area contributed by atoms with Crippen LogP contribution in [0.5, 0.6) is 0 Å². The standard InChI is InChI=1S/C24H19BrN2OS/c25-20-11-7-10-19(16-20)17-22-23(28)27(15-14-18-8-3-1-4-9-18)24(29-22)26-21-12-5-2-6-13-21/h1-13,16-17H,14-15H2/b22-17+,26-24?. The van der Waals surface area contributed by atoms with Gasteiger partial charge in [0, 0.05) is 11.0 Å². The van der Waals surface area contributed by atoms with Crippen molar-refractivity contribution in [3.05, 3.63) is 105 Å².